The molecule has 0 heterocycles. The van der Waals surface area contributed by atoms with Crippen molar-refractivity contribution in [2.75, 3.05) is 25.1 Å². The summed E-state index contributed by atoms with van der Waals surface area (Å²) in [5, 5.41) is 12.8. The minimum absolute atomic E-state index is 0.216. The summed E-state index contributed by atoms with van der Waals surface area (Å²) in [5.41, 5.74) is 1.32. The summed E-state index contributed by atoms with van der Waals surface area (Å²) in [5.74, 6) is 0. The van der Waals surface area contributed by atoms with Gasteiger partial charge in [0.25, 0.3) is 0 Å². The highest BCUT2D eigenvalue weighted by atomic mass is 35.5. The van der Waals surface area contributed by atoms with Crippen molar-refractivity contribution in [3.8, 4) is 6.07 Å². The van der Waals surface area contributed by atoms with Gasteiger partial charge in [-0.1, -0.05) is 11.6 Å². The number of nitriles is 1. The van der Waals surface area contributed by atoms with Crippen molar-refractivity contribution < 1.29 is 9.47 Å². The Balaban J connectivity index is 2.52. The summed E-state index contributed by atoms with van der Waals surface area (Å²) < 4.78 is 10.9. The molecule has 0 unspecified atom stereocenters. The van der Waals surface area contributed by atoms with E-state index in [2.05, 4.69) is 11.4 Å². The van der Waals surface area contributed by atoms with Crippen LogP contribution in [0.5, 0.6) is 0 Å². The van der Waals surface area contributed by atoms with Gasteiger partial charge in [0, 0.05) is 31.2 Å². The van der Waals surface area contributed by atoms with Gasteiger partial charge in [-0.2, -0.15) is 5.26 Å². The maximum Gasteiger partial charge on any atom is 0.159 e. The summed E-state index contributed by atoms with van der Waals surface area (Å²) in [4.78, 5) is 0. The molecule has 0 radical (unpaired) electrons. The second-order valence-corrected chi connectivity index (χ2v) is 4.29. The summed E-state index contributed by atoms with van der Waals surface area (Å²) >= 11 is 5.92. The highest BCUT2D eigenvalue weighted by Gasteiger charge is 2.08. The Bertz CT molecular complexity index is 426. The number of benzene rings is 1. The van der Waals surface area contributed by atoms with Gasteiger partial charge in [0.15, 0.2) is 6.29 Å². The third-order valence-electron chi connectivity index (χ3n) is 2.50. The van der Waals surface area contributed by atoms with E-state index < -0.39 is 0 Å². The topological polar surface area (TPSA) is 54.3 Å². The molecule has 19 heavy (non-hydrogen) atoms. The van der Waals surface area contributed by atoms with Gasteiger partial charge >= 0.3 is 0 Å². The van der Waals surface area contributed by atoms with Crippen LogP contribution in [0.3, 0.4) is 0 Å². The maximum atomic E-state index is 9.00. The van der Waals surface area contributed by atoms with E-state index in [4.69, 9.17) is 26.3 Å². The average Bonchev–Trinajstić information content (AvgIpc) is 2.39. The number of hydrogen-bond acceptors (Lipinski definition) is 4. The van der Waals surface area contributed by atoms with E-state index in [1.165, 1.54) is 0 Å². The van der Waals surface area contributed by atoms with E-state index in [0.29, 0.717) is 36.8 Å². The molecular formula is C14H19ClN2O2. The molecular weight excluding hydrogens is 264 g/mol. The van der Waals surface area contributed by atoms with E-state index in [9.17, 15) is 0 Å². The lowest BCUT2D eigenvalue weighted by Gasteiger charge is -2.17. The van der Waals surface area contributed by atoms with Gasteiger partial charge in [-0.05, 0) is 32.0 Å². The predicted molar refractivity (Wildman–Crippen MR) is 76.3 cm³/mol. The molecule has 0 saturated heterocycles. The van der Waals surface area contributed by atoms with Crippen LogP contribution in [-0.4, -0.2) is 26.0 Å². The van der Waals surface area contributed by atoms with Crippen molar-refractivity contribution in [2.24, 2.45) is 0 Å². The van der Waals surface area contributed by atoms with Crippen LogP contribution in [0.25, 0.3) is 0 Å². The van der Waals surface area contributed by atoms with E-state index in [0.717, 1.165) is 5.69 Å². The molecule has 104 valence electrons. The zero-order chi connectivity index (χ0) is 14.1. The zero-order valence-electron chi connectivity index (χ0n) is 11.3. The van der Waals surface area contributed by atoms with Gasteiger partial charge in [-0.15, -0.1) is 0 Å². The molecule has 1 rings (SSSR count). The highest BCUT2D eigenvalue weighted by Crippen LogP contribution is 2.20. The predicted octanol–water partition coefficient (Wildman–Crippen LogP) is 3.41. The van der Waals surface area contributed by atoms with Gasteiger partial charge in [-0.25, -0.2) is 0 Å². The lowest BCUT2D eigenvalue weighted by molar-refractivity contribution is -0.137. The third-order valence-corrected chi connectivity index (χ3v) is 2.74. The van der Waals surface area contributed by atoms with Crippen LogP contribution in [0.2, 0.25) is 5.02 Å². The smallest absolute Gasteiger partial charge is 0.159 e. The van der Waals surface area contributed by atoms with Gasteiger partial charge in [0.1, 0.15) is 6.07 Å². The summed E-state index contributed by atoms with van der Waals surface area (Å²) in [6, 6.07) is 7.28. The Morgan fingerprint density at radius 3 is 2.58 bits per heavy atom. The quantitative estimate of drug-likeness (QED) is 0.743. The third kappa shape index (κ3) is 5.48. The van der Waals surface area contributed by atoms with Crippen molar-refractivity contribution in [2.45, 2.75) is 26.6 Å². The number of hydrogen-bond donors (Lipinski definition) is 1. The molecule has 5 heteroatoms. The Labute approximate surface area is 119 Å². The van der Waals surface area contributed by atoms with Crippen LogP contribution in [0.1, 0.15) is 25.8 Å². The first-order valence-electron chi connectivity index (χ1n) is 6.38. The van der Waals surface area contributed by atoms with Crippen molar-refractivity contribution in [1.29, 1.82) is 5.26 Å². The summed E-state index contributed by atoms with van der Waals surface area (Å²) in [6.07, 6.45) is 0.492. The molecule has 1 aromatic rings. The zero-order valence-corrected chi connectivity index (χ0v) is 12.0. The van der Waals surface area contributed by atoms with E-state index >= 15 is 0 Å². The van der Waals surface area contributed by atoms with E-state index in [1.54, 1.807) is 18.2 Å². The Kier molecular flexibility index (Phi) is 7.27. The largest absolute Gasteiger partial charge is 0.384 e. The van der Waals surface area contributed by atoms with Crippen LogP contribution in [0.4, 0.5) is 5.69 Å². The molecule has 0 amide bonds. The minimum Gasteiger partial charge on any atom is -0.384 e. The van der Waals surface area contributed by atoms with Gasteiger partial charge in [-0.3, -0.25) is 0 Å². The normalized spacial score (nSPS) is 10.5. The Morgan fingerprint density at radius 2 is 2.00 bits per heavy atom. The standard InChI is InChI=1S/C14H19ClN2O2/c1-3-18-14(19-4-2)7-8-17-13-9-12(15)6-5-11(13)10-16/h5-6,9,14,17H,3-4,7-8H2,1-2H3. The van der Waals surface area contributed by atoms with Crippen molar-refractivity contribution in [3.05, 3.63) is 28.8 Å². The molecule has 0 aliphatic carbocycles. The van der Waals surface area contributed by atoms with Crippen LogP contribution >= 0.6 is 11.6 Å². The maximum absolute atomic E-state index is 9.00. The van der Waals surface area contributed by atoms with E-state index in [-0.39, 0.29) is 6.29 Å². The molecule has 0 aliphatic heterocycles. The molecule has 0 bridgehead atoms. The molecule has 0 fully saturated rings. The fourth-order valence-corrected chi connectivity index (χ4v) is 1.84. The van der Waals surface area contributed by atoms with Gasteiger partial charge in [0.05, 0.1) is 11.3 Å². The number of nitrogens with one attached hydrogen (secondary N) is 1. The summed E-state index contributed by atoms with van der Waals surface area (Å²) in [7, 11) is 0. The fraction of sp³-hybridized carbons (Fsp3) is 0.500. The number of nitrogens with zero attached hydrogens (tertiary/aromatic N) is 1. The Hall–Kier alpha value is -1.28. The van der Waals surface area contributed by atoms with Crippen LogP contribution < -0.4 is 5.32 Å². The molecule has 4 nitrogen and oxygen atoms in total. The second kappa shape index (κ2) is 8.76. The molecule has 0 aromatic heterocycles. The monoisotopic (exact) mass is 282 g/mol. The fourth-order valence-electron chi connectivity index (χ4n) is 1.67. The molecule has 0 spiro atoms. The highest BCUT2D eigenvalue weighted by molar-refractivity contribution is 6.30. The number of halogens is 1. The first kappa shape index (κ1) is 15.8. The molecule has 0 atom stereocenters. The van der Waals surface area contributed by atoms with Gasteiger partial charge < -0.3 is 14.8 Å². The van der Waals surface area contributed by atoms with E-state index in [1.807, 2.05) is 13.8 Å². The average molecular weight is 283 g/mol. The molecule has 0 aliphatic rings. The lowest BCUT2D eigenvalue weighted by Crippen LogP contribution is -2.21. The van der Waals surface area contributed by atoms with Crippen molar-refractivity contribution in [1.82, 2.24) is 0 Å². The SMILES string of the molecule is CCOC(CCNc1cc(Cl)ccc1C#N)OCC. The minimum atomic E-state index is -0.216. The van der Waals surface area contributed by atoms with Crippen LogP contribution in [-0.2, 0) is 9.47 Å². The Morgan fingerprint density at radius 1 is 1.32 bits per heavy atom. The molecule has 0 saturated carbocycles. The van der Waals surface area contributed by atoms with Crippen molar-refractivity contribution in [3.63, 3.8) is 0 Å². The molecule has 1 N–H and O–H groups in total. The second-order valence-electron chi connectivity index (χ2n) is 3.86. The number of ether oxygens (including phenoxy) is 2. The number of anilines is 1. The molecule has 1 aromatic carbocycles. The van der Waals surface area contributed by atoms with Crippen LogP contribution in [0, 0.1) is 11.3 Å². The first-order valence-corrected chi connectivity index (χ1v) is 6.75. The van der Waals surface area contributed by atoms with Crippen molar-refractivity contribution >= 4 is 17.3 Å². The van der Waals surface area contributed by atoms with Crippen LogP contribution in [0.15, 0.2) is 18.2 Å². The lowest BCUT2D eigenvalue weighted by atomic mass is 10.2. The summed E-state index contributed by atoms with van der Waals surface area (Å²) in [6.45, 7) is 5.75. The first-order chi connectivity index (χ1) is 9.21. The number of rotatable bonds is 8. The van der Waals surface area contributed by atoms with Gasteiger partial charge in [0.2, 0.25) is 0 Å².